The Bertz CT molecular complexity index is 1600. The normalized spacial score (nSPS) is 11.1. The molecule has 0 fully saturated rings. The Kier molecular flexibility index (Phi) is 9.76. The number of hydrogen-bond acceptors (Lipinski definition) is 4. The lowest BCUT2D eigenvalue weighted by Gasteiger charge is -2.28. The Morgan fingerprint density at radius 1 is 0.884 bits per heavy atom. The van der Waals surface area contributed by atoms with Crippen LogP contribution in [0.25, 0.3) is 0 Å². The SMILES string of the molecule is C=CCN(CC(=O)N(Cc1ccccc1)Cc1cccn1Cc1cccc(C(F)(F)F)c1)C(=O)c1cccc([N+](=O)[O-])c1. The maximum Gasteiger partial charge on any atom is 0.416 e. The van der Waals surface area contributed by atoms with Gasteiger partial charge in [0.05, 0.1) is 17.0 Å². The van der Waals surface area contributed by atoms with Crippen LogP contribution in [0.2, 0.25) is 0 Å². The molecule has 1 heterocycles. The number of non-ortho nitro benzene ring substituents is 1. The number of aromatic nitrogens is 1. The molecule has 0 aliphatic carbocycles. The third-order valence-electron chi connectivity index (χ3n) is 6.72. The summed E-state index contributed by atoms with van der Waals surface area (Å²) in [6.07, 6.45) is -1.27. The largest absolute Gasteiger partial charge is 0.416 e. The van der Waals surface area contributed by atoms with Crippen molar-refractivity contribution >= 4 is 17.5 Å². The molecule has 1 aromatic heterocycles. The van der Waals surface area contributed by atoms with Crippen molar-refractivity contribution in [1.29, 1.82) is 0 Å². The lowest BCUT2D eigenvalue weighted by molar-refractivity contribution is -0.384. The van der Waals surface area contributed by atoms with E-state index in [9.17, 15) is 32.9 Å². The van der Waals surface area contributed by atoms with Crippen LogP contribution >= 0.6 is 0 Å². The molecule has 222 valence electrons. The standard InChI is InChI=1S/C32H29F3N4O4/c1-2-16-37(31(41)26-12-7-14-28(19-26)39(42)43)23-30(40)38(20-24-9-4-3-5-10-24)22-29-15-8-17-36(29)21-25-11-6-13-27(18-25)32(33,34)35/h2-15,17-19H,1,16,20-23H2. The minimum atomic E-state index is -4.46. The fraction of sp³-hybridized carbons (Fsp3) is 0.188. The number of amides is 2. The first kappa shape index (κ1) is 30.8. The van der Waals surface area contributed by atoms with Crippen LogP contribution in [0.5, 0.6) is 0 Å². The van der Waals surface area contributed by atoms with Crippen molar-refractivity contribution in [2.75, 3.05) is 13.1 Å². The third-order valence-corrected chi connectivity index (χ3v) is 6.72. The van der Waals surface area contributed by atoms with Gasteiger partial charge < -0.3 is 14.4 Å². The van der Waals surface area contributed by atoms with Gasteiger partial charge in [-0.25, -0.2) is 0 Å². The van der Waals surface area contributed by atoms with E-state index in [1.165, 1.54) is 35.2 Å². The molecular formula is C32H29F3N4O4. The lowest BCUT2D eigenvalue weighted by Crippen LogP contribution is -2.42. The van der Waals surface area contributed by atoms with E-state index in [0.29, 0.717) is 11.3 Å². The van der Waals surface area contributed by atoms with Crippen molar-refractivity contribution in [1.82, 2.24) is 14.4 Å². The zero-order valence-corrected chi connectivity index (χ0v) is 23.1. The van der Waals surface area contributed by atoms with Crippen LogP contribution < -0.4 is 0 Å². The van der Waals surface area contributed by atoms with Crippen LogP contribution in [0.3, 0.4) is 0 Å². The van der Waals surface area contributed by atoms with E-state index in [4.69, 9.17) is 0 Å². The van der Waals surface area contributed by atoms with Crippen molar-refractivity contribution in [2.24, 2.45) is 0 Å². The molecule has 11 heteroatoms. The van der Waals surface area contributed by atoms with Gasteiger partial charge in [-0.05, 0) is 41.5 Å². The molecule has 4 rings (SSSR count). The second kappa shape index (κ2) is 13.6. The summed E-state index contributed by atoms with van der Waals surface area (Å²) in [5.41, 5.74) is 1.05. The van der Waals surface area contributed by atoms with Gasteiger partial charge in [0.15, 0.2) is 0 Å². The minimum absolute atomic E-state index is 0.0262. The maximum atomic E-state index is 13.7. The number of hydrogen-bond donors (Lipinski definition) is 0. The number of carbonyl (C=O) groups is 2. The van der Waals surface area contributed by atoms with Crippen molar-refractivity contribution in [3.05, 3.63) is 148 Å². The van der Waals surface area contributed by atoms with Crippen molar-refractivity contribution in [3.8, 4) is 0 Å². The summed E-state index contributed by atoms with van der Waals surface area (Å²) < 4.78 is 41.5. The first-order chi connectivity index (χ1) is 20.5. The van der Waals surface area contributed by atoms with Gasteiger partial charge in [-0.2, -0.15) is 13.2 Å². The summed E-state index contributed by atoms with van der Waals surface area (Å²) in [5, 5.41) is 11.2. The Hall–Kier alpha value is -5.19. The highest BCUT2D eigenvalue weighted by atomic mass is 19.4. The average molecular weight is 591 g/mol. The molecule has 0 atom stereocenters. The second-order valence-electron chi connectivity index (χ2n) is 9.84. The summed E-state index contributed by atoms with van der Waals surface area (Å²) in [7, 11) is 0. The van der Waals surface area contributed by atoms with Crippen molar-refractivity contribution in [3.63, 3.8) is 0 Å². The summed E-state index contributed by atoms with van der Waals surface area (Å²) >= 11 is 0. The molecule has 2 amide bonds. The number of nitro benzene ring substituents is 1. The molecule has 43 heavy (non-hydrogen) atoms. The van der Waals surface area contributed by atoms with E-state index in [1.807, 2.05) is 30.3 Å². The fourth-order valence-corrected chi connectivity index (χ4v) is 4.60. The number of benzene rings is 3. The molecule has 0 aliphatic rings. The van der Waals surface area contributed by atoms with E-state index in [1.54, 1.807) is 33.9 Å². The summed E-state index contributed by atoms with van der Waals surface area (Å²) in [4.78, 5) is 40.5. The van der Waals surface area contributed by atoms with Gasteiger partial charge >= 0.3 is 6.18 Å². The Morgan fingerprint density at radius 3 is 2.30 bits per heavy atom. The van der Waals surface area contributed by atoms with Crippen LogP contribution in [0.1, 0.15) is 32.7 Å². The monoisotopic (exact) mass is 590 g/mol. The first-order valence-electron chi connectivity index (χ1n) is 13.3. The van der Waals surface area contributed by atoms with Crippen molar-refractivity contribution in [2.45, 2.75) is 25.8 Å². The van der Waals surface area contributed by atoms with E-state index in [2.05, 4.69) is 6.58 Å². The molecule has 0 spiro atoms. The number of alkyl halides is 3. The summed E-state index contributed by atoms with van der Waals surface area (Å²) in [6, 6.07) is 23.1. The predicted molar refractivity (Wildman–Crippen MR) is 155 cm³/mol. The average Bonchev–Trinajstić information content (AvgIpc) is 3.42. The van der Waals surface area contributed by atoms with Gasteiger partial charge in [0.1, 0.15) is 6.54 Å². The number of nitrogens with zero attached hydrogens (tertiary/aromatic N) is 4. The molecule has 3 aromatic carbocycles. The summed E-state index contributed by atoms with van der Waals surface area (Å²) in [5.74, 6) is -0.958. The van der Waals surface area contributed by atoms with Gasteiger partial charge in [0.2, 0.25) is 5.91 Å². The van der Waals surface area contributed by atoms with Gasteiger partial charge in [0.25, 0.3) is 11.6 Å². The van der Waals surface area contributed by atoms with Gasteiger partial charge in [-0.3, -0.25) is 19.7 Å². The van der Waals surface area contributed by atoms with Crippen LogP contribution in [0, 0.1) is 10.1 Å². The molecule has 0 N–H and O–H groups in total. The Balaban J connectivity index is 1.58. The van der Waals surface area contributed by atoms with Crippen molar-refractivity contribution < 1.29 is 27.7 Å². The van der Waals surface area contributed by atoms with E-state index >= 15 is 0 Å². The lowest BCUT2D eigenvalue weighted by atomic mass is 10.1. The molecule has 0 radical (unpaired) electrons. The number of nitro groups is 1. The molecule has 0 saturated carbocycles. The zero-order chi connectivity index (χ0) is 31.0. The molecule has 0 bridgehead atoms. The topological polar surface area (TPSA) is 88.7 Å². The molecule has 0 aliphatic heterocycles. The molecule has 8 nitrogen and oxygen atoms in total. The highest BCUT2D eigenvalue weighted by Crippen LogP contribution is 2.30. The maximum absolute atomic E-state index is 13.7. The fourth-order valence-electron chi connectivity index (χ4n) is 4.60. The smallest absolute Gasteiger partial charge is 0.345 e. The van der Waals surface area contributed by atoms with Crippen LogP contribution in [0.4, 0.5) is 18.9 Å². The third kappa shape index (κ3) is 8.19. The molecular weight excluding hydrogens is 561 g/mol. The zero-order valence-electron chi connectivity index (χ0n) is 23.1. The summed E-state index contributed by atoms with van der Waals surface area (Å²) in [6.45, 7) is 3.86. The quantitative estimate of drug-likeness (QED) is 0.110. The van der Waals surface area contributed by atoms with E-state index in [-0.39, 0.29) is 44.0 Å². The molecule has 0 unspecified atom stereocenters. The van der Waals surface area contributed by atoms with Gasteiger partial charge in [-0.1, -0.05) is 54.6 Å². The number of rotatable bonds is 12. The van der Waals surface area contributed by atoms with Gasteiger partial charge in [0, 0.05) is 49.2 Å². The Morgan fingerprint density at radius 2 is 1.60 bits per heavy atom. The van der Waals surface area contributed by atoms with Crippen LogP contribution in [-0.2, 0) is 30.6 Å². The molecule has 4 aromatic rings. The highest BCUT2D eigenvalue weighted by molar-refractivity contribution is 5.97. The van der Waals surface area contributed by atoms with E-state index in [0.717, 1.165) is 23.8 Å². The molecule has 0 saturated heterocycles. The van der Waals surface area contributed by atoms with Crippen LogP contribution in [-0.4, -0.2) is 44.2 Å². The predicted octanol–water partition coefficient (Wildman–Crippen LogP) is 6.32. The van der Waals surface area contributed by atoms with E-state index < -0.39 is 28.5 Å². The minimum Gasteiger partial charge on any atom is -0.345 e. The number of halogens is 3. The first-order valence-corrected chi connectivity index (χ1v) is 13.3. The van der Waals surface area contributed by atoms with Gasteiger partial charge in [-0.15, -0.1) is 6.58 Å². The van der Waals surface area contributed by atoms with Crippen LogP contribution in [0.15, 0.2) is 110 Å². The highest BCUT2D eigenvalue weighted by Gasteiger charge is 2.30. The Labute approximate surface area is 246 Å². The number of carbonyl (C=O) groups excluding carboxylic acids is 2. The second-order valence-corrected chi connectivity index (χ2v) is 9.84.